The van der Waals surface area contributed by atoms with Gasteiger partial charge < -0.3 is 4.74 Å². The molecule has 0 amide bonds. The zero-order chi connectivity index (χ0) is 11.0. The maximum atomic E-state index is 12.7. The van der Waals surface area contributed by atoms with Crippen molar-refractivity contribution in [2.45, 2.75) is 25.5 Å². The van der Waals surface area contributed by atoms with Crippen LogP contribution >= 0.6 is 0 Å². The first-order valence-electron chi connectivity index (χ1n) is 5.98. The van der Waals surface area contributed by atoms with Crippen LogP contribution in [0.15, 0.2) is 24.3 Å². The second-order valence-electron chi connectivity index (χ2n) is 4.76. The summed E-state index contributed by atoms with van der Waals surface area (Å²) >= 11 is 0. The van der Waals surface area contributed by atoms with Gasteiger partial charge in [-0.3, -0.25) is 5.32 Å². The number of hydrogen-bond acceptors (Lipinski definition) is 2. The summed E-state index contributed by atoms with van der Waals surface area (Å²) in [4.78, 5) is 0. The number of benzene rings is 1. The average Bonchev–Trinajstić information content (AvgIpc) is 2.86. The molecule has 86 valence electrons. The maximum Gasteiger partial charge on any atom is 0.153 e. The van der Waals surface area contributed by atoms with Crippen LogP contribution in [0.4, 0.5) is 4.39 Å². The predicted octanol–water partition coefficient (Wildman–Crippen LogP) is 2.55. The fourth-order valence-electron chi connectivity index (χ4n) is 2.93. The molecular weight excluding hydrogens is 205 g/mol. The van der Waals surface area contributed by atoms with Crippen molar-refractivity contribution in [1.82, 2.24) is 5.32 Å². The van der Waals surface area contributed by atoms with Crippen LogP contribution in [0.3, 0.4) is 0 Å². The quantitative estimate of drug-likeness (QED) is 0.828. The van der Waals surface area contributed by atoms with Crippen LogP contribution in [0.2, 0.25) is 0 Å². The van der Waals surface area contributed by atoms with E-state index in [9.17, 15) is 4.39 Å². The smallest absolute Gasteiger partial charge is 0.153 e. The van der Waals surface area contributed by atoms with Gasteiger partial charge in [0.2, 0.25) is 0 Å². The molecule has 3 atom stereocenters. The van der Waals surface area contributed by atoms with Gasteiger partial charge in [0.25, 0.3) is 0 Å². The second-order valence-corrected chi connectivity index (χ2v) is 4.76. The van der Waals surface area contributed by atoms with E-state index in [2.05, 4.69) is 5.32 Å². The van der Waals surface area contributed by atoms with Crippen molar-refractivity contribution in [1.29, 1.82) is 0 Å². The van der Waals surface area contributed by atoms with Crippen molar-refractivity contribution in [3.05, 3.63) is 30.1 Å². The molecule has 0 spiro atoms. The lowest BCUT2D eigenvalue weighted by Crippen LogP contribution is -2.32. The Balaban J connectivity index is 1.68. The standard InChI is InChI=1S/C13H16FNO/c14-10-4-6-11(7-5-10)16-13-12-3-1-2-9(12)8-15-13/h4-7,9,12-13,15H,1-3,8H2. The fourth-order valence-corrected chi connectivity index (χ4v) is 2.93. The molecule has 0 aromatic heterocycles. The molecule has 3 rings (SSSR count). The zero-order valence-electron chi connectivity index (χ0n) is 9.16. The Morgan fingerprint density at radius 3 is 2.81 bits per heavy atom. The van der Waals surface area contributed by atoms with Crippen LogP contribution < -0.4 is 10.1 Å². The Bertz CT molecular complexity index is 365. The topological polar surface area (TPSA) is 21.3 Å². The van der Waals surface area contributed by atoms with Crippen LogP contribution in [0.1, 0.15) is 19.3 Å². The third-order valence-electron chi connectivity index (χ3n) is 3.76. The Kier molecular flexibility index (Phi) is 2.56. The molecular formula is C13H16FNO. The fraction of sp³-hybridized carbons (Fsp3) is 0.538. The van der Waals surface area contributed by atoms with Crippen molar-refractivity contribution < 1.29 is 9.13 Å². The second kappa shape index (κ2) is 4.06. The monoisotopic (exact) mass is 221 g/mol. The summed E-state index contributed by atoms with van der Waals surface area (Å²) in [5.41, 5.74) is 0. The van der Waals surface area contributed by atoms with Crippen molar-refractivity contribution in [3.8, 4) is 5.75 Å². The maximum absolute atomic E-state index is 12.7. The van der Waals surface area contributed by atoms with E-state index in [1.807, 2.05) is 0 Å². The summed E-state index contributed by atoms with van der Waals surface area (Å²) < 4.78 is 18.6. The summed E-state index contributed by atoms with van der Waals surface area (Å²) in [5, 5.41) is 3.41. The SMILES string of the molecule is Fc1ccc(OC2NCC3CCCC32)cc1. The molecule has 1 heterocycles. The predicted molar refractivity (Wildman–Crippen MR) is 59.6 cm³/mol. The molecule has 1 saturated carbocycles. The number of ether oxygens (including phenoxy) is 1. The first-order chi connectivity index (χ1) is 7.83. The first-order valence-corrected chi connectivity index (χ1v) is 5.98. The Hall–Kier alpha value is -1.09. The third-order valence-corrected chi connectivity index (χ3v) is 3.76. The van der Waals surface area contributed by atoms with Gasteiger partial charge in [-0.05, 0) is 43.0 Å². The van der Waals surface area contributed by atoms with Gasteiger partial charge in [-0.25, -0.2) is 4.39 Å². The van der Waals surface area contributed by atoms with Crippen molar-refractivity contribution in [2.24, 2.45) is 11.8 Å². The minimum atomic E-state index is -0.217. The van der Waals surface area contributed by atoms with Crippen molar-refractivity contribution >= 4 is 0 Å². The van der Waals surface area contributed by atoms with E-state index in [0.717, 1.165) is 18.2 Å². The summed E-state index contributed by atoms with van der Waals surface area (Å²) in [7, 11) is 0. The van der Waals surface area contributed by atoms with Gasteiger partial charge >= 0.3 is 0 Å². The van der Waals surface area contributed by atoms with Gasteiger partial charge in [-0.1, -0.05) is 6.42 Å². The van der Waals surface area contributed by atoms with Gasteiger partial charge in [-0.15, -0.1) is 0 Å². The Morgan fingerprint density at radius 2 is 2.00 bits per heavy atom. The lowest BCUT2D eigenvalue weighted by molar-refractivity contribution is 0.133. The van der Waals surface area contributed by atoms with E-state index >= 15 is 0 Å². The van der Waals surface area contributed by atoms with E-state index in [-0.39, 0.29) is 12.0 Å². The summed E-state index contributed by atoms with van der Waals surface area (Å²) in [5.74, 6) is 1.97. The molecule has 1 N–H and O–H groups in total. The van der Waals surface area contributed by atoms with Gasteiger partial charge in [0.15, 0.2) is 6.23 Å². The molecule has 1 aliphatic heterocycles. The van der Waals surface area contributed by atoms with Crippen molar-refractivity contribution in [2.75, 3.05) is 6.54 Å². The molecule has 1 aromatic rings. The number of fused-ring (bicyclic) bond motifs is 1. The van der Waals surface area contributed by atoms with Crippen LogP contribution in [-0.4, -0.2) is 12.8 Å². The largest absolute Gasteiger partial charge is 0.475 e. The lowest BCUT2D eigenvalue weighted by atomic mass is 9.99. The van der Waals surface area contributed by atoms with Crippen LogP contribution in [-0.2, 0) is 0 Å². The van der Waals surface area contributed by atoms with E-state index in [1.54, 1.807) is 12.1 Å². The molecule has 1 saturated heterocycles. The van der Waals surface area contributed by atoms with Gasteiger partial charge in [-0.2, -0.15) is 0 Å². The van der Waals surface area contributed by atoms with Crippen molar-refractivity contribution in [3.63, 3.8) is 0 Å². The summed E-state index contributed by atoms with van der Waals surface area (Å²) in [6, 6.07) is 6.27. The number of halogens is 1. The lowest BCUT2D eigenvalue weighted by Gasteiger charge is -2.19. The summed E-state index contributed by atoms with van der Waals surface area (Å²) in [6.07, 6.45) is 4.02. The highest BCUT2D eigenvalue weighted by molar-refractivity contribution is 5.22. The molecule has 3 heteroatoms. The van der Waals surface area contributed by atoms with E-state index in [0.29, 0.717) is 5.92 Å². The first kappa shape index (κ1) is 10.1. The number of nitrogens with one attached hydrogen (secondary N) is 1. The average molecular weight is 221 g/mol. The number of hydrogen-bond donors (Lipinski definition) is 1. The molecule has 2 aliphatic rings. The highest BCUT2D eigenvalue weighted by atomic mass is 19.1. The van der Waals surface area contributed by atoms with Crippen LogP contribution in [0, 0.1) is 17.7 Å². The zero-order valence-corrected chi connectivity index (χ0v) is 9.16. The molecule has 2 fully saturated rings. The normalized spacial score (nSPS) is 32.7. The Labute approximate surface area is 94.8 Å². The number of rotatable bonds is 2. The van der Waals surface area contributed by atoms with Gasteiger partial charge in [0.1, 0.15) is 11.6 Å². The Morgan fingerprint density at radius 1 is 1.19 bits per heavy atom. The van der Waals surface area contributed by atoms with Gasteiger partial charge in [0, 0.05) is 12.5 Å². The van der Waals surface area contributed by atoms with Gasteiger partial charge in [0.05, 0.1) is 0 Å². The van der Waals surface area contributed by atoms with E-state index in [4.69, 9.17) is 4.74 Å². The van der Waals surface area contributed by atoms with E-state index in [1.165, 1.54) is 31.4 Å². The van der Waals surface area contributed by atoms with E-state index < -0.39 is 0 Å². The third kappa shape index (κ3) is 1.80. The molecule has 2 nitrogen and oxygen atoms in total. The molecule has 0 bridgehead atoms. The van der Waals surface area contributed by atoms with Crippen LogP contribution in [0.25, 0.3) is 0 Å². The summed E-state index contributed by atoms with van der Waals surface area (Å²) in [6.45, 7) is 1.07. The molecule has 3 unspecified atom stereocenters. The molecule has 1 aromatic carbocycles. The molecule has 16 heavy (non-hydrogen) atoms. The highest BCUT2D eigenvalue weighted by Crippen LogP contribution is 2.38. The minimum Gasteiger partial charge on any atom is -0.475 e. The highest BCUT2D eigenvalue weighted by Gasteiger charge is 2.40. The van der Waals surface area contributed by atoms with Crippen LogP contribution in [0.5, 0.6) is 5.75 Å². The molecule has 0 radical (unpaired) electrons. The minimum absolute atomic E-state index is 0.123. The molecule has 1 aliphatic carbocycles.